The van der Waals surface area contributed by atoms with E-state index in [9.17, 15) is 0 Å². The topological polar surface area (TPSA) is 9.23 Å². The molecule has 0 unspecified atom stereocenters. The van der Waals surface area contributed by atoms with Crippen molar-refractivity contribution in [3.63, 3.8) is 0 Å². The molecule has 0 aliphatic heterocycles. The van der Waals surface area contributed by atoms with Crippen molar-refractivity contribution in [1.29, 1.82) is 0 Å². The maximum absolute atomic E-state index is 5.46. The Kier molecular flexibility index (Phi) is 3.57. The van der Waals surface area contributed by atoms with E-state index in [4.69, 9.17) is 3.82 Å². The Labute approximate surface area is 98.2 Å². The molecule has 0 amide bonds. The molecule has 76 valence electrons. The minimum atomic E-state index is 0.00685. The number of rotatable bonds is 3. The van der Waals surface area contributed by atoms with Gasteiger partial charge in [-0.3, -0.25) is 0 Å². The summed E-state index contributed by atoms with van der Waals surface area (Å²) in [6.07, 6.45) is 0.00685. The van der Waals surface area contributed by atoms with E-state index in [0.717, 1.165) is 0 Å². The predicted octanol–water partition coefficient (Wildman–Crippen LogP) is 2.61. The van der Waals surface area contributed by atoms with Crippen LogP contribution in [0.15, 0.2) is 60.7 Å². The SMILES string of the molecule is [SeH]OC(c1ccccc1)c1ccccc1. The predicted molar refractivity (Wildman–Crippen MR) is 63.0 cm³/mol. The van der Waals surface area contributed by atoms with Gasteiger partial charge >= 0.3 is 98.1 Å². The van der Waals surface area contributed by atoms with Gasteiger partial charge in [0.25, 0.3) is 0 Å². The summed E-state index contributed by atoms with van der Waals surface area (Å²) < 4.78 is 5.46. The molecule has 2 aromatic rings. The van der Waals surface area contributed by atoms with Crippen molar-refractivity contribution in [2.24, 2.45) is 0 Å². The van der Waals surface area contributed by atoms with E-state index in [-0.39, 0.29) is 6.10 Å². The molecule has 0 saturated heterocycles. The van der Waals surface area contributed by atoms with Gasteiger partial charge in [-0.2, -0.15) is 0 Å². The number of hydrogen-bond acceptors (Lipinski definition) is 1. The van der Waals surface area contributed by atoms with Crippen LogP contribution in [0, 0.1) is 0 Å². The molecule has 1 nitrogen and oxygen atoms in total. The summed E-state index contributed by atoms with van der Waals surface area (Å²) >= 11 is 2.19. The van der Waals surface area contributed by atoms with Crippen molar-refractivity contribution in [1.82, 2.24) is 0 Å². The minimum absolute atomic E-state index is 0.00685. The second kappa shape index (κ2) is 5.13. The Bertz CT molecular complexity index is 360. The van der Waals surface area contributed by atoms with Crippen LogP contribution < -0.4 is 0 Å². The molecule has 0 spiro atoms. The standard InChI is InChI=1S/C13H12OSe/c15-14-13(11-7-3-1-4-8-11)12-9-5-2-6-10-12/h1-10,13,15H. The summed E-state index contributed by atoms with van der Waals surface area (Å²) in [5.74, 6) is 0. The van der Waals surface area contributed by atoms with Crippen LogP contribution in [0.1, 0.15) is 17.2 Å². The zero-order chi connectivity index (χ0) is 10.5. The molecule has 0 aromatic heterocycles. The second-order valence-electron chi connectivity index (χ2n) is 3.31. The van der Waals surface area contributed by atoms with Crippen LogP contribution in [0.3, 0.4) is 0 Å². The van der Waals surface area contributed by atoms with E-state index in [1.54, 1.807) is 0 Å². The molecule has 2 rings (SSSR count). The molecule has 0 aliphatic carbocycles. The monoisotopic (exact) mass is 264 g/mol. The van der Waals surface area contributed by atoms with E-state index >= 15 is 0 Å². The van der Waals surface area contributed by atoms with E-state index < -0.39 is 0 Å². The molecule has 2 heteroatoms. The van der Waals surface area contributed by atoms with Crippen LogP contribution in [-0.4, -0.2) is 16.3 Å². The fourth-order valence-corrected chi connectivity index (χ4v) is 2.08. The molecule has 15 heavy (non-hydrogen) atoms. The first kappa shape index (κ1) is 10.4. The molecular formula is C13H12OSe. The van der Waals surface area contributed by atoms with Crippen LogP contribution in [0.25, 0.3) is 0 Å². The molecule has 0 radical (unpaired) electrons. The van der Waals surface area contributed by atoms with Crippen molar-refractivity contribution < 1.29 is 3.82 Å². The van der Waals surface area contributed by atoms with E-state index in [0.29, 0.717) is 0 Å². The fourth-order valence-electron chi connectivity index (χ4n) is 1.57. The van der Waals surface area contributed by atoms with Crippen molar-refractivity contribution in [2.75, 3.05) is 0 Å². The maximum atomic E-state index is 5.46. The first-order valence-electron chi connectivity index (χ1n) is 4.82. The van der Waals surface area contributed by atoms with Gasteiger partial charge < -0.3 is 0 Å². The average molecular weight is 263 g/mol. The van der Waals surface area contributed by atoms with Gasteiger partial charge in [-0.15, -0.1) is 0 Å². The number of benzene rings is 2. The Balaban J connectivity index is 2.34. The quantitative estimate of drug-likeness (QED) is 0.773. The van der Waals surface area contributed by atoms with Gasteiger partial charge in [0.05, 0.1) is 0 Å². The molecule has 0 saturated carbocycles. The van der Waals surface area contributed by atoms with Gasteiger partial charge in [-0.25, -0.2) is 0 Å². The Hall–Kier alpha value is -1.08. The van der Waals surface area contributed by atoms with Crippen LogP contribution >= 0.6 is 0 Å². The van der Waals surface area contributed by atoms with Crippen LogP contribution in [0.2, 0.25) is 0 Å². The van der Waals surface area contributed by atoms with Crippen LogP contribution in [0.4, 0.5) is 0 Å². The third-order valence-electron chi connectivity index (χ3n) is 2.31. The van der Waals surface area contributed by atoms with Gasteiger partial charge in [-0.1, -0.05) is 0 Å². The Morgan fingerprint density at radius 2 is 1.13 bits per heavy atom. The van der Waals surface area contributed by atoms with Crippen LogP contribution in [0.5, 0.6) is 0 Å². The number of hydrogen-bond donors (Lipinski definition) is 0. The Morgan fingerprint density at radius 1 is 0.733 bits per heavy atom. The van der Waals surface area contributed by atoms with Crippen molar-refractivity contribution in [2.45, 2.75) is 6.10 Å². The first-order chi connectivity index (χ1) is 7.42. The second-order valence-corrected chi connectivity index (χ2v) is 3.75. The summed E-state index contributed by atoms with van der Waals surface area (Å²) in [6, 6.07) is 20.4. The van der Waals surface area contributed by atoms with Gasteiger partial charge in [0.2, 0.25) is 0 Å². The summed E-state index contributed by atoms with van der Waals surface area (Å²) in [7, 11) is 0. The molecule has 0 heterocycles. The average Bonchev–Trinajstić information content (AvgIpc) is 2.33. The molecule has 0 fully saturated rings. The van der Waals surface area contributed by atoms with Crippen molar-refractivity contribution in [3.05, 3.63) is 71.8 Å². The normalized spacial score (nSPS) is 10.5. The molecular weight excluding hydrogens is 251 g/mol. The molecule has 0 aliphatic rings. The van der Waals surface area contributed by atoms with Gasteiger partial charge in [-0.05, 0) is 0 Å². The Morgan fingerprint density at radius 3 is 1.47 bits per heavy atom. The third kappa shape index (κ3) is 2.48. The van der Waals surface area contributed by atoms with Gasteiger partial charge in [0, 0.05) is 0 Å². The zero-order valence-corrected chi connectivity index (χ0v) is 10.1. The molecule has 0 bridgehead atoms. The van der Waals surface area contributed by atoms with Crippen molar-refractivity contribution in [3.8, 4) is 0 Å². The summed E-state index contributed by atoms with van der Waals surface area (Å²) in [5.41, 5.74) is 2.34. The fraction of sp³-hybridized carbons (Fsp3) is 0.0769. The first-order valence-corrected chi connectivity index (χ1v) is 5.58. The van der Waals surface area contributed by atoms with E-state index in [2.05, 4.69) is 40.6 Å². The summed E-state index contributed by atoms with van der Waals surface area (Å²) in [6.45, 7) is 0. The van der Waals surface area contributed by atoms with Gasteiger partial charge in [0.15, 0.2) is 0 Å². The van der Waals surface area contributed by atoms with E-state index in [1.165, 1.54) is 11.1 Å². The third-order valence-corrected chi connectivity index (χ3v) is 2.75. The zero-order valence-electron chi connectivity index (χ0n) is 8.21. The van der Waals surface area contributed by atoms with Gasteiger partial charge in [0.1, 0.15) is 0 Å². The molecule has 0 atom stereocenters. The molecule has 2 aromatic carbocycles. The van der Waals surface area contributed by atoms with Crippen LogP contribution in [-0.2, 0) is 3.82 Å². The van der Waals surface area contributed by atoms with Crippen molar-refractivity contribution >= 4 is 16.3 Å². The summed E-state index contributed by atoms with van der Waals surface area (Å²) in [4.78, 5) is 0. The molecule has 0 N–H and O–H groups in total. The van der Waals surface area contributed by atoms with E-state index in [1.807, 2.05) is 36.4 Å². The summed E-state index contributed by atoms with van der Waals surface area (Å²) in [5, 5.41) is 0.